The zero-order chi connectivity index (χ0) is 7.90. The van der Waals surface area contributed by atoms with Crippen molar-refractivity contribution in [2.45, 2.75) is 25.3 Å². The number of nitrogens with one attached hydrogen (secondary N) is 1. The highest BCUT2D eigenvalue weighted by Gasteiger charge is 2.50. The van der Waals surface area contributed by atoms with E-state index in [1.54, 1.807) is 0 Å². The third-order valence-electron chi connectivity index (χ3n) is 2.80. The number of hydrogen-bond donors (Lipinski definition) is 1. The third-order valence-corrected chi connectivity index (χ3v) is 2.80. The molecular weight excluding hydrogens is 142 g/mol. The molecule has 0 bridgehead atoms. The molecule has 1 N–H and O–H groups in total. The van der Waals surface area contributed by atoms with Gasteiger partial charge in [-0.1, -0.05) is 0 Å². The summed E-state index contributed by atoms with van der Waals surface area (Å²) in [5.41, 5.74) is 0.485. The Labute approximate surface area is 66.1 Å². The molecule has 0 aromatic carbocycles. The molecule has 1 aliphatic carbocycles. The molecule has 3 heteroatoms. The van der Waals surface area contributed by atoms with Gasteiger partial charge in [-0.3, -0.25) is 4.79 Å². The van der Waals surface area contributed by atoms with Crippen LogP contribution in [0.1, 0.15) is 19.3 Å². The minimum absolute atomic E-state index is 0.0255. The van der Waals surface area contributed by atoms with Crippen LogP contribution >= 0.6 is 0 Å². The normalized spacial score (nSPS) is 32.3. The summed E-state index contributed by atoms with van der Waals surface area (Å²) in [4.78, 5) is 11.0. The smallest absolute Gasteiger partial charge is 0.322 e. The van der Waals surface area contributed by atoms with Crippen LogP contribution in [0.5, 0.6) is 0 Å². The van der Waals surface area contributed by atoms with Crippen molar-refractivity contribution in [3.63, 3.8) is 0 Å². The molecule has 0 aromatic heterocycles. The Balaban J connectivity index is 1.94. The van der Waals surface area contributed by atoms with E-state index in [1.807, 2.05) is 0 Å². The Morgan fingerprint density at radius 1 is 1.64 bits per heavy atom. The van der Waals surface area contributed by atoms with Gasteiger partial charge in [0.2, 0.25) is 0 Å². The van der Waals surface area contributed by atoms with Crippen LogP contribution in [0.4, 0.5) is 0 Å². The second-order valence-corrected chi connectivity index (χ2v) is 3.66. The maximum Gasteiger partial charge on any atom is 0.322 e. The molecule has 3 nitrogen and oxygen atoms in total. The van der Waals surface area contributed by atoms with Gasteiger partial charge in [-0.15, -0.1) is 0 Å². The van der Waals surface area contributed by atoms with Crippen molar-refractivity contribution in [1.29, 1.82) is 0 Å². The molecular formula is C8H13NO2. The van der Waals surface area contributed by atoms with Crippen molar-refractivity contribution in [1.82, 2.24) is 5.32 Å². The Kier molecular flexibility index (Phi) is 1.42. The van der Waals surface area contributed by atoms with Gasteiger partial charge in [-0.2, -0.15) is 0 Å². The molecule has 11 heavy (non-hydrogen) atoms. The maximum atomic E-state index is 11.0. The summed E-state index contributed by atoms with van der Waals surface area (Å²) in [6.45, 7) is 1.01. The fraction of sp³-hybridized carbons (Fsp3) is 0.875. The highest BCUT2D eigenvalue weighted by Crippen LogP contribution is 2.51. The summed E-state index contributed by atoms with van der Waals surface area (Å²) in [5, 5.41) is 3.19. The highest BCUT2D eigenvalue weighted by molar-refractivity contribution is 5.76. The number of carbonyl (C=O) groups is 1. The van der Waals surface area contributed by atoms with E-state index in [0.29, 0.717) is 5.41 Å². The number of ether oxygens (including phenoxy) is 1. The van der Waals surface area contributed by atoms with E-state index in [9.17, 15) is 4.79 Å². The molecule has 0 amide bonds. The standard InChI is InChI=1S/C8H13NO2/c1-11-7(10)6-4-8(2-3-8)5-9-6/h6,9H,2-5H2,1H3. The Bertz CT molecular complexity index is 187. The van der Waals surface area contributed by atoms with E-state index in [1.165, 1.54) is 20.0 Å². The summed E-state index contributed by atoms with van der Waals surface area (Å²) in [7, 11) is 1.45. The molecule has 0 aromatic rings. The van der Waals surface area contributed by atoms with Gasteiger partial charge >= 0.3 is 5.97 Å². The van der Waals surface area contributed by atoms with E-state index in [2.05, 4.69) is 10.1 Å². The fourth-order valence-electron chi connectivity index (χ4n) is 1.78. The molecule has 1 heterocycles. The molecule has 2 rings (SSSR count). The number of hydrogen-bond acceptors (Lipinski definition) is 3. The van der Waals surface area contributed by atoms with Crippen LogP contribution in [0.25, 0.3) is 0 Å². The first-order valence-electron chi connectivity index (χ1n) is 4.07. The highest BCUT2D eigenvalue weighted by atomic mass is 16.5. The molecule has 1 spiro atoms. The first kappa shape index (κ1) is 7.10. The monoisotopic (exact) mass is 155 g/mol. The van der Waals surface area contributed by atoms with Crippen LogP contribution in [-0.2, 0) is 9.53 Å². The first-order chi connectivity index (χ1) is 5.26. The molecule has 1 aliphatic heterocycles. The fourth-order valence-corrected chi connectivity index (χ4v) is 1.78. The molecule has 1 saturated heterocycles. The molecule has 62 valence electrons. The molecule has 2 aliphatic rings. The van der Waals surface area contributed by atoms with Crippen molar-refractivity contribution in [2.75, 3.05) is 13.7 Å². The number of carbonyl (C=O) groups excluding carboxylic acids is 1. The van der Waals surface area contributed by atoms with Crippen LogP contribution in [0, 0.1) is 5.41 Å². The van der Waals surface area contributed by atoms with Gasteiger partial charge in [0, 0.05) is 6.54 Å². The van der Waals surface area contributed by atoms with Crippen LogP contribution in [0.3, 0.4) is 0 Å². The maximum absolute atomic E-state index is 11.0. The zero-order valence-electron chi connectivity index (χ0n) is 6.72. The molecule has 1 saturated carbocycles. The van der Waals surface area contributed by atoms with Gasteiger partial charge in [0.05, 0.1) is 7.11 Å². The number of esters is 1. The van der Waals surface area contributed by atoms with Crippen LogP contribution < -0.4 is 5.32 Å². The van der Waals surface area contributed by atoms with Crippen LogP contribution in [0.15, 0.2) is 0 Å². The SMILES string of the molecule is COC(=O)C1CC2(CC2)CN1. The second-order valence-electron chi connectivity index (χ2n) is 3.66. The third kappa shape index (κ3) is 1.13. The summed E-state index contributed by atoms with van der Waals surface area (Å²) in [6.07, 6.45) is 3.56. The van der Waals surface area contributed by atoms with Gasteiger partial charge in [0.1, 0.15) is 6.04 Å². The molecule has 0 radical (unpaired) electrons. The second kappa shape index (κ2) is 2.21. The van der Waals surface area contributed by atoms with Gasteiger partial charge in [0.15, 0.2) is 0 Å². The minimum Gasteiger partial charge on any atom is -0.468 e. The number of methoxy groups -OCH3 is 1. The van der Waals surface area contributed by atoms with Crippen molar-refractivity contribution in [2.24, 2.45) is 5.41 Å². The largest absolute Gasteiger partial charge is 0.468 e. The van der Waals surface area contributed by atoms with Crippen molar-refractivity contribution in [3.05, 3.63) is 0 Å². The topological polar surface area (TPSA) is 38.3 Å². The lowest BCUT2D eigenvalue weighted by Crippen LogP contribution is -2.31. The Hall–Kier alpha value is -0.570. The lowest BCUT2D eigenvalue weighted by atomic mass is 10.0. The quantitative estimate of drug-likeness (QED) is 0.553. The average molecular weight is 155 g/mol. The Morgan fingerprint density at radius 2 is 2.36 bits per heavy atom. The van der Waals surface area contributed by atoms with Crippen molar-refractivity contribution in [3.8, 4) is 0 Å². The van der Waals surface area contributed by atoms with Crippen molar-refractivity contribution < 1.29 is 9.53 Å². The summed E-state index contributed by atoms with van der Waals surface area (Å²) in [5.74, 6) is -0.103. The van der Waals surface area contributed by atoms with E-state index in [4.69, 9.17) is 0 Å². The van der Waals surface area contributed by atoms with Crippen LogP contribution in [0.2, 0.25) is 0 Å². The van der Waals surface area contributed by atoms with Gasteiger partial charge < -0.3 is 10.1 Å². The van der Waals surface area contributed by atoms with Crippen molar-refractivity contribution >= 4 is 5.97 Å². The Morgan fingerprint density at radius 3 is 2.82 bits per heavy atom. The predicted octanol–water partition coefficient (Wildman–Crippen LogP) is 0.301. The first-order valence-corrected chi connectivity index (χ1v) is 4.07. The van der Waals surface area contributed by atoms with Crippen LogP contribution in [-0.4, -0.2) is 25.7 Å². The molecule has 2 fully saturated rings. The average Bonchev–Trinajstić information content (AvgIpc) is 2.61. The molecule has 1 atom stereocenters. The van der Waals surface area contributed by atoms with E-state index in [-0.39, 0.29) is 12.0 Å². The summed E-state index contributed by atoms with van der Waals surface area (Å²) < 4.78 is 4.65. The number of rotatable bonds is 1. The van der Waals surface area contributed by atoms with E-state index in [0.717, 1.165) is 13.0 Å². The predicted molar refractivity (Wildman–Crippen MR) is 40.1 cm³/mol. The van der Waals surface area contributed by atoms with E-state index >= 15 is 0 Å². The van der Waals surface area contributed by atoms with E-state index < -0.39 is 0 Å². The summed E-state index contributed by atoms with van der Waals surface area (Å²) in [6, 6.07) is -0.0255. The zero-order valence-corrected chi connectivity index (χ0v) is 6.72. The molecule has 1 unspecified atom stereocenters. The van der Waals surface area contributed by atoms with Gasteiger partial charge in [-0.25, -0.2) is 0 Å². The minimum atomic E-state index is -0.103. The van der Waals surface area contributed by atoms with Gasteiger partial charge in [0.25, 0.3) is 0 Å². The lowest BCUT2D eigenvalue weighted by molar-refractivity contribution is -0.142. The lowest BCUT2D eigenvalue weighted by Gasteiger charge is -2.05. The summed E-state index contributed by atoms with van der Waals surface area (Å²) >= 11 is 0. The van der Waals surface area contributed by atoms with Gasteiger partial charge in [-0.05, 0) is 24.7 Å².